The van der Waals surface area contributed by atoms with E-state index in [-0.39, 0.29) is 5.23 Å². The van der Waals surface area contributed by atoms with Gasteiger partial charge in [0.25, 0.3) is 5.79 Å². The van der Waals surface area contributed by atoms with Crippen LogP contribution in [-0.4, -0.2) is 23.3 Å². The Morgan fingerprint density at radius 3 is 1.68 bits per heavy atom. The van der Waals surface area contributed by atoms with Crippen molar-refractivity contribution in [3.63, 3.8) is 0 Å². The lowest BCUT2D eigenvalue weighted by Gasteiger charge is -2.39. The van der Waals surface area contributed by atoms with Crippen LogP contribution in [-0.2, 0) is 5.79 Å². The molecule has 0 aromatic heterocycles. The van der Waals surface area contributed by atoms with Gasteiger partial charge in [-0.15, -0.1) is 4.48 Å². The maximum atomic E-state index is 15.9. The standard InChI is InChI=1S/C18H20F2N2/c19-18(16-10-4-1-5-11-16,17-12-6-2-7-13-17)22(20)21-14-8-3-9-15-21/h1-2,4-7,10-13H,3,8-9,14-15H2. The molecule has 1 saturated heterocycles. The molecule has 2 aromatic carbocycles. The SMILES string of the molecule is FN(N1CCCCC1)C(F)(c1ccccc1)c1ccccc1. The van der Waals surface area contributed by atoms with E-state index in [0.717, 1.165) is 19.3 Å². The molecule has 0 atom stereocenters. The molecular formula is C18H20F2N2. The van der Waals surface area contributed by atoms with Crippen molar-refractivity contribution in [1.29, 1.82) is 0 Å². The molecule has 116 valence electrons. The quantitative estimate of drug-likeness (QED) is 0.608. The molecule has 0 amide bonds. The second-order valence-corrected chi connectivity index (χ2v) is 5.63. The first kappa shape index (κ1) is 15.1. The van der Waals surface area contributed by atoms with Gasteiger partial charge in [0.1, 0.15) is 0 Å². The van der Waals surface area contributed by atoms with E-state index in [1.807, 2.05) is 0 Å². The highest BCUT2D eigenvalue weighted by Crippen LogP contribution is 2.39. The fourth-order valence-corrected chi connectivity index (χ4v) is 2.95. The molecule has 1 heterocycles. The highest BCUT2D eigenvalue weighted by Gasteiger charge is 2.45. The normalized spacial score (nSPS) is 16.9. The van der Waals surface area contributed by atoms with E-state index in [0.29, 0.717) is 24.2 Å². The Labute approximate surface area is 129 Å². The Bertz CT molecular complexity index is 543. The summed E-state index contributed by atoms with van der Waals surface area (Å²) >= 11 is 0. The van der Waals surface area contributed by atoms with Gasteiger partial charge in [0.2, 0.25) is 0 Å². The topological polar surface area (TPSA) is 6.48 Å². The molecule has 0 radical (unpaired) electrons. The minimum Gasteiger partial charge on any atom is -0.211 e. The number of halogens is 2. The summed E-state index contributed by atoms with van der Waals surface area (Å²) < 4.78 is 31.0. The van der Waals surface area contributed by atoms with E-state index in [2.05, 4.69) is 0 Å². The van der Waals surface area contributed by atoms with Crippen molar-refractivity contribution in [3.8, 4) is 0 Å². The fraction of sp³-hybridized carbons (Fsp3) is 0.333. The number of hydrazine groups is 1. The van der Waals surface area contributed by atoms with Crippen LogP contribution in [0.3, 0.4) is 0 Å². The summed E-state index contributed by atoms with van der Waals surface area (Å²) in [6.45, 7) is 1.09. The van der Waals surface area contributed by atoms with Gasteiger partial charge in [0.15, 0.2) is 0 Å². The Hall–Kier alpha value is -1.78. The van der Waals surface area contributed by atoms with Crippen LogP contribution in [0.1, 0.15) is 30.4 Å². The lowest BCUT2D eigenvalue weighted by Crippen LogP contribution is -2.51. The largest absolute Gasteiger partial charge is 0.256 e. The van der Waals surface area contributed by atoms with Gasteiger partial charge in [-0.25, -0.2) is 9.40 Å². The van der Waals surface area contributed by atoms with Crippen LogP contribution < -0.4 is 0 Å². The molecule has 0 spiro atoms. The molecule has 0 saturated carbocycles. The molecule has 2 aromatic rings. The molecule has 0 unspecified atom stereocenters. The van der Waals surface area contributed by atoms with Crippen molar-refractivity contribution in [2.75, 3.05) is 13.1 Å². The second kappa shape index (κ2) is 6.55. The molecule has 1 aliphatic heterocycles. The van der Waals surface area contributed by atoms with Crippen LogP contribution in [0.2, 0.25) is 0 Å². The molecule has 1 aliphatic rings. The average molecular weight is 302 g/mol. The van der Waals surface area contributed by atoms with E-state index in [9.17, 15) is 0 Å². The Kier molecular flexibility index (Phi) is 4.50. The van der Waals surface area contributed by atoms with Crippen molar-refractivity contribution in [1.82, 2.24) is 10.2 Å². The number of rotatable bonds is 4. The number of benzene rings is 2. The molecule has 0 N–H and O–H groups in total. The summed E-state index contributed by atoms with van der Waals surface area (Å²) in [4.78, 5) is 0. The third-order valence-corrected chi connectivity index (χ3v) is 4.15. The van der Waals surface area contributed by atoms with Crippen molar-refractivity contribution in [2.45, 2.75) is 25.1 Å². The van der Waals surface area contributed by atoms with Crippen LogP contribution >= 0.6 is 0 Å². The van der Waals surface area contributed by atoms with E-state index >= 15 is 8.87 Å². The summed E-state index contributed by atoms with van der Waals surface area (Å²) in [5.74, 6) is -2.31. The van der Waals surface area contributed by atoms with Gasteiger partial charge in [-0.3, -0.25) is 0 Å². The summed E-state index contributed by atoms with van der Waals surface area (Å²) in [5, 5.41) is 1.76. The maximum Gasteiger partial charge on any atom is 0.256 e. The maximum absolute atomic E-state index is 15.9. The Morgan fingerprint density at radius 2 is 1.23 bits per heavy atom. The van der Waals surface area contributed by atoms with E-state index in [4.69, 9.17) is 0 Å². The molecular weight excluding hydrogens is 282 g/mol. The average Bonchev–Trinajstić information content (AvgIpc) is 2.62. The van der Waals surface area contributed by atoms with Gasteiger partial charge in [-0.2, -0.15) is 0 Å². The van der Waals surface area contributed by atoms with E-state index in [1.54, 1.807) is 60.7 Å². The van der Waals surface area contributed by atoms with E-state index in [1.165, 1.54) is 5.01 Å². The lowest BCUT2D eigenvalue weighted by molar-refractivity contribution is -0.278. The smallest absolute Gasteiger partial charge is 0.211 e. The Balaban J connectivity index is 2.03. The second-order valence-electron chi connectivity index (χ2n) is 5.63. The zero-order valence-corrected chi connectivity index (χ0v) is 12.5. The van der Waals surface area contributed by atoms with Crippen LogP contribution in [0.4, 0.5) is 8.87 Å². The highest BCUT2D eigenvalue weighted by atomic mass is 19.2. The predicted molar refractivity (Wildman–Crippen MR) is 83.1 cm³/mol. The first-order valence-electron chi connectivity index (χ1n) is 7.74. The molecule has 1 fully saturated rings. The summed E-state index contributed by atoms with van der Waals surface area (Å²) in [7, 11) is 0. The van der Waals surface area contributed by atoms with Crippen LogP contribution in [0.5, 0.6) is 0 Å². The molecule has 0 aliphatic carbocycles. The number of alkyl halides is 1. The molecule has 2 nitrogen and oxygen atoms in total. The predicted octanol–water partition coefficient (Wildman–Crippen LogP) is 4.44. The number of hydrogen-bond donors (Lipinski definition) is 0. The fourth-order valence-electron chi connectivity index (χ4n) is 2.95. The van der Waals surface area contributed by atoms with Crippen molar-refractivity contribution in [3.05, 3.63) is 71.8 Å². The summed E-state index contributed by atoms with van der Waals surface area (Å²) in [6, 6.07) is 17.1. The minimum absolute atomic E-state index is 0.289. The Morgan fingerprint density at radius 1 is 0.773 bits per heavy atom. The van der Waals surface area contributed by atoms with Gasteiger partial charge < -0.3 is 0 Å². The third kappa shape index (κ3) is 2.76. The van der Waals surface area contributed by atoms with Gasteiger partial charge in [0, 0.05) is 24.2 Å². The van der Waals surface area contributed by atoms with Crippen molar-refractivity contribution < 1.29 is 8.87 Å². The first-order chi connectivity index (χ1) is 10.7. The van der Waals surface area contributed by atoms with Crippen molar-refractivity contribution >= 4 is 0 Å². The third-order valence-electron chi connectivity index (χ3n) is 4.15. The van der Waals surface area contributed by atoms with Crippen LogP contribution in [0, 0.1) is 0 Å². The van der Waals surface area contributed by atoms with Crippen molar-refractivity contribution in [2.24, 2.45) is 0 Å². The molecule has 22 heavy (non-hydrogen) atoms. The monoisotopic (exact) mass is 302 g/mol. The number of hydrogen-bond acceptors (Lipinski definition) is 2. The first-order valence-corrected chi connectivity index (χ1v) is 7.74. The zero-order chi connectivity index (χ0) is 15.4. The molecule has 4 heteroatoms. The number of nitrogens with zero attached hydrogens (tertiary/aromatic N) is 2. The van der Waals surface area contributed by atoms with Gasteiger partial charge in [-0.1, -0.05) is 67.1 Å². The summed E-state index contributed by atoms with van der Waals surface area (Å²) in [5.41, 5.74) is 0.601. The van der Waals surface area contributed by atoms with Gasteiger partial charge >= 0.3 is 0 Å². The highest BCUT2D eigenvalue weighted by molar-refractivity contribution is 5.34. The molecule has 3 rings (SSSR count). The van der Waals surface area contributed by atoms with Crippen LogP contribution in [0.25, 0.3) is 0 Å². The minimum atomic E-state index is -2.31. The van der Waals surface area contributed by atoms with Gasteiger partial charge in [-0.05, 0) is 18.1 Å². The van der Waals surface area contributed by atoms with Gasteiger partial charge in [0.05, 0.1) is 0 Å². The number of piperidine rings is 1. The lowest BCUT2D eigenvalue weighted by atomic mass is 9.96. The molecule has 0 bridgehead atoms. The summed E-state index contributed by atoms with van der Waals surface area (Å²) in [6.07, 6.45) is 2.85. The van der Waals surface area contributed by atoms with Crippen LogP contribution in [0.15, 0.2) is 60.7 Å². The van der Waals surface area contributed by atoms with E-state index < -0.39 is 5.79 Å². The zero-order valence-electron chi connectivity index (χ0n) is 12.5.